The number of carbonyl (C=O) groups excluding carboxylic acids is 2. The van der Waals surface area contributed by atoms with Crippen LogP contribution in [0.4, 0.5) is 0 Å². The summed E-state index contributed by atoms with van der Waals surface area (Å²) >= 11 is 0. The Morgan fingerprint density at radius 3 is 2.16 bits per heavy atom. The molecule has 4 aromatic rings. The zero-order valence-corrected chi connectivity index (χ0v) is 17.7. The first-order chi connectivity index (χ1) is 15.5. The second-order valence-corrected chi connectivity index (χ2v) is 7.16. The van der Waals surface area contributed by atoms with Crippen LogP contribution in [-0.4, -0.2) is 28.7 Å². The Balaban J connectivity index is 1.56. The molecule has 2 amide bonds. The van der Waals surface area contributed by atoms with Gasteiger partial charge >= 0.3 is 0 Å². The monoisotopic (exact) mass is 426 g/mol. The summed E-state index contributed by atoms with van der Waals surface area (Å²) < 4.78 is 6.80. The van der Waals surface area contributed by atoms with Crippen LogP contribution in [0.3, 0.4) is 0 Å². The number of hydrogen-bond acceptors (Lipinski definition) is 4. The molecule has 0 fully saturated rings. The van der Waals surface area contributed by atoms with E-state index in [1.54, 1.807) is 42.1 Å². The molecule has 1 aromatic heterocycles. The predicted molar refractivity (Wildman–Crippen MR) is 122 cm³/mol. The Morgan fingerprint density at radius 1 is 0.844 bits per heavy atom. The fourth-order valence-corrected chi connectivity index (χ4v) is 3.18. The van der Waals surface area contributed by atoms with E-state index < -0.39 is 11.8 Å². The first-order valence-electron chi connectivity index (χ1n) is 10.0. The van der Waals surface area contributed by atoms with E-state index in [2.05, 4.69) is 16.0 Å². The molecule has 0 saturated carbocycles. The van der Waals surface area contributed by atoms with Crippen molar-refractivity contribution in [1.82, 2.24) is 20.6 Å². The molecule has 160 valence electrons. The van der Waals surface area contributed by atoms with Gasteiger partial charge in [-0.2, -0.15) is 5.10 Å². The van der Waals surface area contributed by atoms with Crippen molar-refractivity contribution in [3.05, 3.63) is 102 Å². The lowest BCUT2D eigenvalue weighted by molar-refractivity contribution is 0.0843. The molecule has 4 rings (SSSR count). The Labute approximate surface area is 185 Å². The van der Waals surface area contributed by atoms with Gasteiger partial charge in [0.05, 0.1) is 18.5 Å². The van der Waals surface area contributed by atoms with Gasteiger partial charge in [-0.15, -0.1) is 0 Å². The van der Waals surface area contributed by atoms with Gasteiger partial charge in [-0.3, -0.25) is 20.4 Å². The average Bonchev–Trinajstić information content (AvgIpc) is 3.29. The van der Waals surface area contributed by atoms with Crippen LogP contribution in [0.2, 0.25) is 0 Å². The lowest BCUT2D eigenvalue weighted by Crippen LogP contribution is -2.41. The van der Waals surface area contributed by atoms with Gasteiger partial charge in [0.2, 0.25) is 0 Å². The molecule has 3 aromatic carbocycles. The van der Waals surface area contributed by atoms with Gasteiger partial charge in [0.1, 0.15) is 5.75 Å². The molecule has 0 spiro atoms. The van der Waals surface area contributed by atoms with E-state index in [1.165, 1.54) is 0 Å². The summed E-state index contributed by atoms with van der Waals surface area (Å²) in [6.07, 6.45) is 0. The van der Waals surface area contributed by atoms with Crippen molar-refractivity contribution in [2.24, 2.45) is 0 Å². The fourth-order valence-electron chi connectivity index (χ4n) is 3.18. The lowest BCUT2D eigenvalue weighted by atomic mass is 10.1. The summed E-state index contributed by atoms with van der Waals surface area (Å²) in [6, 6.07) is 25.8. The Hall–Kier alpha value is -4.39. The zero-order valence-electron chi connectivity index (χ0n) is 17.7. The maximum absolute atomic E-state index is 12.7. The number of rotatable bonds is 5. The summed E-state index contributed by atoms with van der Waals surface area (Å²) in [4.78, 5) is 25.1. The van der Waals surface area contributed by atoms with Crippen molar-refractivity contribution in [2.45, 2.75) is 6.92 Å². The van der Waals surface area contributed by atoms with E-state index in [-0.39, 0.29) is 5.69 Å². The molecule has 0 aliphatic heterocycles. The largest absolute Gasteiger partial charge is 0.497 e. The maximum Gasteiger partial charge on any atom is 0.290 e. The highest BCUT2D eigenvalue weighted by Crippen LogP contribution is 2.24. The third-order valence-corrected chi connectivity index (χ3v) is 4.93. The predicted octanol–water partition coefficient (Wildman–Crippen LogP) is 3.93. The van der Waals surface area contributed by atoms with Crippen LogP contribution < -0.4 is 15.6 Å². The van der Waals surface area contributed by atoms with Gasteiger partial charge in [-0.25, -0.2) is 4.68 Å². The quantitative estimate of drug-likeness (QED) is 0.474. The third kappa shape index (κ3) is 4.52. The highest BCUT2D eigenvalue weighted by Gasteiger charge is 2.17. The number of nitrogens with zero attached hydrogens (tertiary/aromatic N) is 2. The van der Waals surface area contributed by atoms with Gasteiger partial charge in [-0.1, -0.05) is 48.0 Å². The normalized spacial score (nSPS) is 10.4. The second kappa shape index (κ2) is 9.18. The number of aromatic nitrogens is 2. The summed E-state index contributed by atoms with van der Waals surface area (Å²) in [5.41, 5.74) is 9.08. The minimum Gasteiger partial charge on any atom is -0.497 e. The highest BCUT2D eigenvalue weighted by atomic mass is 16.5. The van der Waals surface area contributed by atoms with E-state index in [0.717, 1.165) is 22.5 Å². The van der Waals surface area contributed by atoms with Gasteiger partial charge in [0.15, 0.2) is 5.69 Å². The number of aryl methyl sites for hydroxylation is 1. The standard InChI is InChI=1S/C25H22N4O3/c1-17-8-10-18(11-9-17)23-16-22(28-29(23)20-6-4-3-5-7-20)25(31)27-26-24(30)19-12-14-21(32-2)15-13-19/h3-16H,1-2H3,(H,26,30)(H,27,31). The molecule has 32 heavy (non-hydrogen) atoms. The van der Waals surface area contributed by atoms with Crippen molar-refractivity contribution in [3.8, 4) is 22.7 Å². The molecule has 7 nitrogen and oxygen atoms in total. The third-order valence-electron chi connectivity index (χ3n) is 4.93. The van der Waals surface area contributed by atoms with Crippen LogP contribution in [0.25, 0.3) is 16.9 Å². The number of carbonyl (C=O) groups is 2. The molecule has 0 aliphatic carbocycles. The first kappa shape index (κ1) is 20.9. The average molecular weight is 426 g/mol. The van der Waals surface area contributed by atoms with Crippen molar-refractivity contribution < 1.29 is 14.3 Å². The van der Waals surface area contributed by atoms with E-state index >= 15 is 0 Å². The number of nitrogens with one attached hydrogen (secondary N) is 2. The Kier molecular flexibility index (Phi) is 5.98. The minimum absolute atomic E-state index is 0.180. The Morgan fingerprint density at radius 2 is 1.50 bits per heavy atom. The topological polar surface area (TPSA) is 85.3 Å². The van der Waals surface area contributed by atoms with E-state index in [4.69, 9.17) is 4.74 Å². The SMILES string of the molecule is COc1ccc(C(=O)NNC(=O)c2cc(-c3ccc(C)cc3)n(-c3ccccc3)n2)cc1. The summed E-state index contributed by atoms with van der Waals surface area (Å²) in [7, 11) is 1.55. The van der Waals surface area contributed by atoms with Crippen LogP contribution in [0, 0.1) is 6.92 Å². The number of methoxy groups -OCH3 is 1. The molecule has 0 aliphatic rings. The number of hydrazine groups is 1. The molecule has 0 saturated heterocycles. The maximum atomic E-state index is 12.7. The molecular weight excluding hydrogens is 404 g/mol. The molecule has 0 radical (unpaired) electrons. The van der Waals surface area contributed by atoms with Crippen molar-refractivity contribution in [2.75, 3.05) is 7.11 Å². The molecule has 0 bridgehead atoms. The van der Waals surface area contributed by atoms with Gasteiger partial charge in [0, 0.05) is 11.1 Å². The van der Waals surface area contributed by atoms with Crippen LogP contribution in [-0.2, 0) is 0 Å². The van der Waals surface area contributed by atoms with E-state index in [1.807, 2.05) is 61.5 Å². The number of benzene rings is 3. The van der Waals surface area contributed by atoms with Crippen LogP contribution >= 0.6 is 0 Å². The molecule has 2 N–H and O–H groups in total. The van der Waals surface area contributed by atoms with Crippen LogP contribution in [0.15, 0.2) is 84.9 Å². The lowest BCUT2D eigenvalue weighted by Gasteiger charge is -2.08. The van der Waals surface area contributed by atoms with Crippen molar-refractivity contribution in [3.63, 3.8) is 0 Å². The molecule has 0 unspecified atom stereocenters. The number of para-hydroxylation sites is 1. The summed E-state index contributed by atoms with van der Waals surface area (Å²) in [5.74, 6) is -0.321. The zero-order chi connectivity index (χ0) is 22.5. The number of hydrogen-bond donors (Lipinski definition) is 2. The van der Waals surface area contributed by atoms with Crippen LogP contribution in [0.5, 0.6) is 5.75 Å². The highest BCUT2D eigenvalue weighted by molar-refractivity contribution is 5.98. The number of ether oxygens (including phenoxy) is 1. The molecule has 7 heteroatoms. The summed E-state index contributed by atoms with van der Waals surface area (Å²) in [5, 5.41) is 4.49. The first-order valence-corrected chi connectivity index (χ1v) is 10.0. The second-order valence-electron chi connectivity index (χ2n) is 7.16. The Bertz CT molecular complexity index is 1230. The number of amides is 2. The van der Waals surface area contributed by atoms with Crippen LogP contribution in [0.1, 0.15) is 26.4 Å². The van der Waals surface area contributed by atoms with Crippen molar-refractivity contribution in [1.29, 1.82) is 0 Å². The molecule has 0 atom stereocenters. The van der Waals surface area contributed by atoms with Gasteiger partial charge < -0.3 is 4.74 Å². The summed E-state index contributed by atoms with van der Waals surface area (Å²) in [6.45, 7) is 2.02. The minimum atomic E-state index is -0.519. The van der Waals surface area contributed by atoms with Gasteiger partial charge in [0.25, 0.3) is 11.8 Å². The molecule has 1 heterocycles. The van der Waals surface area contributed by atoms with Gasteiger partial charge in [-0.05, 0) is 49.4 Å². The fraction of sp³-hybridized carbons (Fsp3) is 0.0800. The molecular formula is C25H22N4O3. The van der Waals surface area contributed by atoms with Crippen molar-refractivity contribution >= 4 is 11.8 Å². The smallest absolute Gasteiger partial charge is 0.290 e. The van der Waals surface area contributed by atoms with E-state index in [0.29, 0.717) is 11.3 Å². The van der Waals surface area contributed by atoms with E-state index in [9.17, 15) is 9.59 Å².